The molecule has 7 heteroatoms. The monoisotopic (exact) mass is 378 g/mol. The van der Waals surface area contributed by atoms with Crippen LogP contribution < -0.4 is 5.14 Å². The van der Waals surface area contributed by atoms with Crippen LogP contribution in [0.2, 0.25) is 0 Å². The Morgan fingerprint density at radius 1 is 1.36 bits per heavy atom. The van der Waals surface area contributed by atoms with Crippen molar-refractivity contribution in [2.45, 2.75) is 44.6 Å². The highest BCUT2D eigenvalue weighted by Gasteiger charge is 2.31. The van der Waals surface area contributed by atoms with Gasteiger partial charge in [0.2, 0.25) is 10.0 Å². The fourth-order valence-corrected chi connectivity index (χ4v) is 5.30. The second kappa shape index (κ2) is 6.55. The van der Waals surface area contributed by atoms with Crippen molar-refractivity contribution in [3.05, 3.63) is 50.7 Å². The number of primary sulfonamides is 1. The van der Waals surface area contributed by atoms with Gasteiger partial charge in [-0.05, 0) is 67.0 Å². The topological polar surface area (TPSA) is 80.5 Å². The Kier molecular flexibility index (Phi) is 4.74. The zero-order chi connectivity index (χ0) is 18.4. The van der Waals surface area contributed by atoms with Crippen molar-refractivity contribution < 1.29 is 13.2 Å². The van der Waals surface area contributed by atoms with Crippen LogP contribution in [-0.4, -0.2) is 25.8 Å². The molecule has 1 aliphatic rings. The highest BCUT2D eigenvalue weighted by Crippen LogP contribution is 2.36. The number of rotatable bonds is 3. The predicted octanol–water partition coefficient (Wildman–Crippen LogP) is 3.16. The van der Waals surface area contributed by atoms with Gasteiger partial charge in [0.15, 0.2) is 0 Å². The molecular formula is C18H22N2O3S2. The van der Waals surface area contributed by atoms with E-state index in [1.165, 1.54) is 16.5 Å². The van der Waals surface area contributed by atoms with E-state index in [9.17, 15) is 13.2 Å². The van der Waals surface area contributed by atoms with E-state index in [1.807, 2.05) is 4.90 Å². The van der Waals surface area contributed by atoms with Crippen LogP contribution in [0, 0.1) is 13.8 Å². The molecule has 1 aliphatic heterocycles. The van der Waals surface area contributed by atoms with Gasteiger partial charge < -0.3 is 4.90 Å². The summed E-state index contributed by atoms with van der Waals surface area (Å²) in [5.74, 6) is -0.142. The summed E-state index contributed by atoms with van der Waals surface area (Å²) < 4.78 is 23.7. The molecule has 0 fully saturated rings. The Morgan fingerprint density at radius 2 is 2.08 bits per heavy atom. The second-order valence-electron chi connectivity index (χ2n) is 6.43. The molecule has 5 nitrogen and oxygen atoms in total. The third kappa shape index (κ3) is 3.23. The Morgan fingerprint density at radius 3 is 2.72 bits per heavy atom. The van der Waals surface area contributed by atoms with Gasteiger partial charge in [-0.1, -0.05) is 6.92 Å². The minimum Gasteiger partial charge on any atom is -0.331 e. The second-order valence-corrected chi connectivity index (χ2v) is 8.96. The van der Waals surface area contributed by atoms with Crippen molar-refractivity contribution in [1.29, 1.82) is 0 Å². The number of hydrogen-bond donors (Lipinski definition) is 1. The van der Waals surface area contributed by atoms with Gasteiger partial charge in [-0.15, -0.1) is 11.3 Å². The summed E-state index contributed by atoms with van der Waals surface area (Å²) in [6, 6.07) is 5.28. The van der Waals surface area contributed by atoms with Crippen molar-refractivity contribution in [2.24, 2.45) is 5.14 Å². The predicted molar refractivity (Wildman–Crippen MR) is 99.4 cm³/mol. The van der Waals surface area contributed by atoms with Gasteiger partial charge in [0, 0.05) is 17.0 Å². The molecule has 2 N–H and O–H groups in total. The molecule has 2 aromatic rings. The van der Waals surface area contributed by atoms with Gasteiger partial charge in [0.25, 0.3) is 5.91 Å². The van der Waals surface area contributed by atoms with Crippen molar-refractivity contribution in [1.82, 2.24) is 4.90 Å². The Balaban J connectivity index is 2.03. The molecule has 25 heavy (non-hydrogen) atoms. The fourth-order valence-electron chi connectivity index (χ4n) is 3.49. The average Bonchev–Trinajstić information content (AvgIpc) is 3.03. The quantitative estimate of drug-likeness (QED) is 0.891. The van der Waals surface area contributed by atoms with Gasteiger partial charge in [0.05, 0.1) is 10.9 Å². The summed E-state index contributed by atoms with van der Waals surface area (Å²) in [4.78, 5) is 16.3. The number of carbonyl (C=O) groups is 1. The van der Waals surface area contributed by atoms with Gasteiger partial charge >= 0.3 is 0 Å². The van der Waals surface area contributed by atoms with Crippen LogP contribution in [-0.2, 0) is 16.4 Å². The maximum atomic E-state index is 13.1. The van der Waals surface area contributed by atoms with Crippen LogP contribution >= 0.6 is 11.3 Å². The number of aryl methyl sites for hydroxylation is 1. The van der Waals surface area contributed by atoms with Crippen LogP contribution in [0.4, 0.5) is 0 Å². The number of nitrogens with zero attached hydrogens (tertiary/aromatic N) is 1. The van der Waals surface area contributed by atoms with Crippen LogP contribution in [0.25, 0.3) is 0 Å². The molecule has 2 heterocycles. The lowest BCUT2D eigenvalue weighted by atomic mass is 9.96. The Labute approximate surface area is 152 Å². The number of carbonyl (C=O) groups excluding carboxylic acids is 1. The molecule has 0 saturated heterocycles. The summed E-state index contributed by atoms with van der Waals surface area (Å²) >= 11 is 1.73. The van der Waals surface area contributed by atoms with Gasteiger partial charge in [-0.2, -0.15) is 0 Å². The lowest BCUT2D eigenvalue weighted by molar-refractivity contribution is 0.0657. The summed E-state index contributed by atoms with van der Waals surface area (Å²) in [7, 11) is -3.87. The van der Waals surface area contributed by atoms with E-state index in [0.29, 0.717) is 17.7 Å². The van der Waals surface area contributed by atoms with Crippen molar-refractivity contribution in [2.75, 3.05) is 6.54 Å². The summed E-state index contributed by atoms with van der Waals surface area (Å²) in [6.45, 7) is 6.21. The Hall–Kier alpha value is -1.70. The van der Waals surface area contributed by atoms with E-state index in [-0.39, 0.29) is 16.8 Å². The third-order valence-corrected chi connectivity index (χ3v) is 6.95. The molecular weight excluding hydrogens is 356 g/mol. The van der Waals surface area contributed by atoms with E-state index in [1.54, 1.807) is 31.3 Å². The standard InChI is InChI=1S/C18H22N2O3S2/c1-4-15-14-6-8-24-16(14)5-7-20(15)18(21)13-9-11(2)12(3)17(10-13)25(19,22)23/h6,8-10,15H,4-5,7H2,1-3H3,(H2,19,22,23)/t15-/m0/s1. The van der Waals surface area contributed by atoms with Gasteiger partial charge in [-0.3, -0.25) is 4.79 Å². The Bertz CT molecular complexity index is 932. The highest BCUT2D eigenvalue weighted by molar-refractivity contribution is 7.89. The SMILES string of the molecule is CC[C@H]1c2ccsc2CCN1C(=O)c1cc(C)c(C)c(S(N)(=O)=O)c1. The normalized spacial score (nSPS) is 17.4. The molecule has 1 atom stereocenters. The lowest BCUT2D eigenvalue weighted by Crippen LogP contribution is -2.39. The minimum absolute atomic E-state index is 0.0251. The minimum atomic E-state index is -3.87. The van der Waals surface area contributed by atoms with Crippen molar-refractivity contribution >= 4 is 27.3 Å². The number of hydrogen-bond acceptors (Lipinski definition) is 4. The van der Waals surface area contributed by atoms with E-state index in [4.69, 9.17) is 5.14 Å². The number of nitrogens with two attached hydrogens (primary N) is 1. The van der Waals surface area contributed by atoms with E-state index < -0.39 is 10.0 Å². The molecule has 0 bridgehead atoms. The first-order valence-electron chi connectivity index (χ1n) is 8.25. The molecule has 1 aromatic heterocycles. The van der Waals surface area contributed by atoms with Gasteiger partial charge in [-0.25, -0.2) is 13.6 Å². The first-order chi connectivity index (χ1) is 11.7. The maximum Gasteiger partial charge on any atom is 0.254 e. The summed E-state index contributed by atoms with van der Waals surface area (Å²) in [5.41, 5.74) is 2.92. The van der Waals surface area contributed by atoms with Crippen LogP contribution in [0.5, 0.6) is 0 Å². The molecule has 1 aromatic carbocycles. The van der Waals surface area contributed by atoms with E-state index in [2.05, 4.69) is 18.4 Å². The first kappa shape index (κ1) is 18.1. The number of thiophene rings is 1. The average molecular weight is 379 g/mol. The molecule has 0 saturated carbocycles. The largest absolute Gasteiger partial charge is 0.331 e. The zero-order valence-electron chi connectivity index (χ0n) is 14.6. The van der Waals surface area contributed by atoms with Crippen molar-refractivity contribution in [3.8, 4) is 0 Å². The van der Waals surface area contributed by atoms with Crippen LogP contribution in [0.1, 0.15) is 51.3 Å². The van der Waals surface area contributed by atoms with Crippen molar-refractivity contribution in [3.63, 3.8) is 0 Å². The molecule has 0 spiro atoms. The van der Waals surface area contributed by atoms with Crippen LogP contribution in [0.3, 0.4) is 0 Å². The molecule has 3 rings (SSSR count). The van der Waals surface area contributed by atoms with E-state index >= 15 is 0 Å². The molecule has 0 radical (unpaired) electrons. The lowest BCUT2D eigenvalue weighted by Gasteiger charge is -2.35. The third-order valence-electron chi connectivity index (χ3n) is 4.92. The zero-order valence-corrected chi connectivity index (χ0v) is 16.2. The number of sulfonamides is 1. The summed E-state index contributed by atoms with van der Waals surface area (Å²) in [6.07, 6.45) is 1.66. The first-order valence-corrected chi connectivity index (χ1v) is 10.7. The fraction of sp³-hybridized carbons (Fsp3) is 0.389. The van der Waals surface area contributed by atoms with E-state index in [0.717, 1.165) is 18.4 Å². The number of fused-ring (bicyclic) bond motifs is 1. The smallest absolute Gasteiger partial charge is 0.254 e. The number of amides is 1. The summed E-state index contributed by atoms with van der Waals surface area (Å²) in [5, 5.41) is 7.39. The molecule has 134 valence electrons. The maximum absolute atomic E-state index is 13.1. The molecule has 0 unspecified atom stereocenters. The highest BCUT2D eigenvalue weighted by atomic mass is 32.2. The molecule has 0 aliphatic carbocycles. The van der Waals surface area contributed by atoms with Crippen LogP contribution in [0.15, 0.2) is 28.5 Å². The molecule has 1 amide bonds. The number of benzene rings is 1. The van der Waals surface area contributed by atoms with Gasteiger partial charge in [0.1, 0.15) is 0 Å².